The molecule has 2 aromatic rings. The Kier molecular flexibility index (Phi) is 9.82. The van der Waals surface area contributed by atoms with Crippen LogP contribution >= 0.6 is 11.8 Å². The smallest absolute Gasteiger partial charge is 0.0654 e. The van der Waals surface area contributed by atoms with Gasteiger partial charge < -0.3 is 10.6 Å². The fraction of sp³-hybridized carbons (Fsp3) is 0.333. The molecule has 2 rings (SSSR count). The van der Waals surface area contributed by atoms with Crippen LogP contribution in [0.15, 0.2) is 60.1 Å². The Morgan fingerprint density at radius 1 is 0.967 bits per heavy atom. The quantitative estimate of drug-likeness (QED) is 0.262. The minimum atomic E-state index is 0.252. The molecule has 0 aliphatic rings. The molecule has 160 valence electrons. The number of aryl methyl sites for hydroxylation is 3. The number of rotatable bonds is 8. The van der Waals surface area contributed by atoms with Crippen LogP contribution in [-0.4, -0.2) is 5.88 Å². The van der Waals surface area contributed by atoms with Crippen molar-refractivity contribution in [1.82, 2.24) is 5.32 Å². The first-order chi connectivity index (χ1) is 14.1. The number of hydrogen-bond donors (Lipinski definition) is 2. The summed E-state index contributed by atoms with van der Waals surface area (Å²) in [5, 5.41) is 6.96. The first-order valence-corrected chi connectivity index (χ1v) is 11.1. The van der Waals surface area contributed by atoms with E-state index in [1.807, 2.05) is 0 Å². The van der Waals surface area contributed by atoms with Gasteiger partial charge in [0, 0.05) is 22.0 Å². The molecule has 0 bridgehead atoms. The maximum Gasteiger partial charge on any atom is 0.0654 e. The van der Waals surface area contributed by atoms with Gasteiger partial charge in [0.25, 0.3) is 0 Å². The van der Waals surface area contributed by atoms with Crippen molar-refractivity contribution in [3.05, 3.63) is 77.5 Å². The highest BCUT2D eigenvalue weighted by atomic mass is 32.2. The first kappa shape index (κ1) is 25.5. The summed E-state index contributed by atoms with van der Waals surface area (Å²) < 4.78 is 0. The average molecular weight is 421 g/mol. The molecule has 3 heteroatoms. The Balaban J connectivity index is 0.00000218. The standard InChI is InChI=1S/C25H34N2S.C2H2/c1-17-12-13-22(21(5)27-24-18(2)10-9-11-19(24)3)14-23(17)28-16-26-20(4)15-25(6,7)8;1-2/h9-14,26-27H,4-5,15-16H2,1-3,6-8H3;1-2H. The summed E-state index contributed by atoms with van der Waals surface area (Å²) in [4.78, 5) is 1.26. The van der Waals surface area contributed by atoms with E-state index in [0.717, 1.165) is 34.9 Å². The predicted molar refractivity (Wildman–Crippen MR) is 137 cm³/mol. The Bertz CT molecular complexity index is 881. The van der Waals surface area contributed by atoms with Crippen LogP contribution in [0.1, 0.15) is 49.4 Å². The fourth-order valence-corrected chi connectivity index (χ4v) is 4.03. The predicted octanol–water partition coefficient (Wildman–Crippen LogP) is 7.53. The van der Waals surface area contributed by atoms with Crippen molar-refractivity contribution in [3.8, 4) is 12.8 Å². The molecule has 0 aliphatic heterocycles. The highest BCUT2D eigenvalue weighted by molar-refractivity contribution is 7.99. The lowest BCUT2D eigenvalue weighted by molar-refractivity contribution is 0.401. The third-order valence-electron chi connectivity index (χ3n) is 4.59. The SMILES string of the molecule is C#C.C=C(CC(C)(C)C)NCSc1cc(C(=C)Nc2c(C)cccc2C)ccc1C. The van der Waals surface area contributed by atoms with E-state index in [0.29, 0.717) is 0 Å². The van der Waals surface area contributed by atoms with E-state index in [2.05, 4.69) is 115 Å². The molecule has 0 amide bonds. The molecule has 0 saturated heterocycles. The molecule has 2 aromatic carbocycles. The lowest BCUT2D eigenvalue weighted by atomic mass is 9.91. The van der Waals surface area contributed by atoms with Crippen LogP contribution in [0.2, 0.25) is 0 Å². The van der Waals surface area contributed by atoms with Crippen molar-refractivity contribution in [2.45, 2.75) is 52.9 Å². The van der Waals surface area contributed by atoms with Crippen LogP contribution in [0.25, 0.3) is 5.70 Å². The molecule has 0 radical (unpaired) electrons. The van der Waals surface area contributed by atoms with Gasteiger partial charge in [0.1, 0.15) is 0 Å². The maximum atomic E-state index is 4.27. The molecule has 0 fully saturated rings. The van der Waals surface area contributed by atoms with Crippen molar-refractivity contribution in [2.24, 2.45) is 5.41 Å². The zero-order chi connectivity index (χ0) is 22.9. The van der Waals surface area contributed by atoms with Gasteiger partial charge >= 0.3 is 0 Å². The Labute approximate surface area is 188 Å². The normalized spacial score (nSPS) is 10.5. The zero-order valence-electron chi connectivity index (χ0n) is 19.4. The van der Waals surface area contributed by atoms with Crippen molar-refractivity contribution in [3.63, 3.8) is 0 Å². The Morgan fingerprint density at radius 2 is 1.57 bits per heavy atom. The lowest BCUT2D eigenvalue weighted by Crippen LogP contribution is -2.17. The number of benzene rings is 2. The molecule has 2 nitrogen and oxygen atoms in total. The summed E-state index contributed by atoms with van der Waals surface area (Å²) in [7, 11) is 0. The zero-order valence-corrected chi connectivity index (χ0v) is 20.2. The van der Waals surface area contributed by atoms with Gasteiger partial charge in [-0.3, -0.25) is 0 Å². The second-order valence-corrected chi connectivity index (χ2v) is 9.67. The minimum Gasteiger partial charge on any atom is -0.379 e. The van der Waals surface area contributed by atoms with Gasteiger partial charge in [-0.05, 0) is 60.9 Å². The van der Waals surface area contributed by atoms with Crippen LogP contribution in [0.3, 0.4) is 0 Å². The molecule has 0 heterocycles. The summed E-state index contributed by atoms with van der Waals surface area (Å²) >= 11 is 1.80. The van der Waals surface area contributed by atoms with Gasteiger partial charge in [-0.2, -0.15) is 0 Å². The highest BCUT2D eigenvalue weighted by Gasteiger charge is 2.12. The summed E-state index contributed by atoms with van der Waals surface area (Å²) in [5.74, 6) is 0.815. The van der Waals surface area contributed by atoms with E-state index in [4.69, 9.17) is 0 Å². The summed E-state index contributed by atoms with van der Waals surface area (Å²) in [5.41, 5.74) is 8.25. The number of thioether (sulfide) groups is 1. The summed E-state index contributed by atoms with van der Waals surface area (Å²) in [6.07, 6.45) is 8.98. The van der Waals surface area contributed by atoms with Crippen molar-refractivity contribution in [2.75, 3.05) is 11.2 Å². The van der Waals surface area contributed by atoms with Crippen LogP contribution in [0, 0.1) is 39.0 Å². The summed E-state index contributed by atoms with van der Waals surface area (Å²) in [6, 6.07) is 12.8. The lowest BCUT2D eigenvalue weighted by Gasteiger charge is -2.21. The molecule has 0 atom stereocenters. The number of terminal acetylenes is 1. The molecule has 0 aliphatic carbocycles. The monoisotopic (exact) mass is 420 g/mol. The van der Waals surface area contributed by atoms with Crippen molar-refractivity contribution in [1.29, 1.82) is 0 Å². The number of allylic oxidation sites excluding steroid dienone is 1. The molecule has 0 aromatic heterocycles. The Morgan fingerprint density at radius 3 is 2.13 bits per heavy atom. The van der Waals surface area contributed by atoms with Gasteiger partial charge in [-0.1, -0.05) is 64.3 Å². The van der Waals surface area contributed by atoms with E-state index in [1.165, 1.54) is 21.6 Å². The molecule has 30 heavy (non-hydrogen) atoms. The number of nitrogens with one attached hydrogen (secondary N) is 2. The fourth-order valence-electron chi connectivity index (χ4n) is 3.10. The minimum absolute atomic E-state index is 0.252. The Hall–Kier alpha value is -2.57. The van der Waals surface area contributed by atoms with E-state index in [1.54, 1.807) is 11.8 Å². The van der Waals surface area contributed by atoms with Crippen LogP contribution in [-0.2, 0) is 0 Å². The molecule has 0 saturated carbocycles. The topological polar surface area (TPSA) is 24.1 Å². The molecule has 2 N–H and O–H groups in total. The largest absolute Gasteiger partial charge is 0.379 e. The molecule has 0 unspecified atom stereocenters. The van der Waals surface area contributed by atoms with E-state index < -0.39 is 0 Å². The molecular weight excluding hydrogens is 384 g/mol. The number of anilines is 1. The van der Waals surface area contributed by atoms with Gasteiger partial charge in [0.15, 0.2) is 0 Å². The second-order valence-electron chi connectivity index (χ2n) is 8.66. The van der Waals surface area contributed by atoms with Crippen molar-refractivity contribution >= 4 is 23.1 Å². The van der Waals surface area contributed by atoms with Gasteiger partial charge in [0.05, 0.1) is 5.88 Å². The van der Waals surface area contributed by atoms with E-state index >= 15 is 0 Å². The van der Waals surface area contributed by atoms with Crippen molar-refractivity contribution < 1.29 is 0 Å². The van der Waals surface area contributed by atoms with Crippen LogP contribution < -0.4 is 10.6 Å². The highest BCUT2D eigenvalue weighted by Crippen LogP contribution is 2.29. The third-order valence-corrected chi connectivity index (χ3v) is 5.63. The second kappa shape index (κ2) is 11.6. The average Bonchev–Trinajstić information content (AvgIpc) is 2.66. The van der Waals surface area contributed by atoms with Crippen LogP contribution in [0.5, 0.6) is 0 Å². The van der Waals surface area contributed by atoms with E-state index in [9.17, 15) is 0 Å². The third kappa shape index (κ3) is 8.05. The van der Waals surface area contributed by atoms with Crippen LogP contribution in [0.4, 0.5) is 5.69 Å². The number of para-hydroxylation sites is 1. The van der Waals surface area contributed by atoms with E-state index in [-0.39, 0.29) is 5.41 Å². The van der Waals surface area contributed by atoms with Gasteiger partial charge in [-0.15, -0.1) is 24.6 Å². The van der Waals surface area contributed by atoms with Gasteiger partial charge in [-0.25, -0.2) is 0 Å². The number of hydrogen-bond acceptors (Lipinski definition) is 3. The first-order valence-electron chi connectivity index (χ1n) is 10.1. The maximum absolute atomic E-state index is 4.27. The van der Waals surface area contributed by atoms with Gasteiger partial charge in [0.2, 0.25) is 0 Å². The molecule has 0 spiro atoms. The molecular formula is C27H36N2S. The summed E-state index contributed by atoms with van der Waals surface area (Å²) in [6.45, 7) is 21.5.